The van der Waals surface area contributed by atoms with E-state index in [1.807, 2.05) is 0 Å². The lowest BCUT2D eigenvalue weighted by molar-refractivity contribution is -0.185. The summed E-state index contributed by atoms with van der Waals surface area (Å²) in [5, 5.41) is 7.37. The lowest BCUT2D eigenvalue weighted by Gasteiger charge is -2.23. The van der Waals surface area contributed by atoms with E-state index in [9.17, 15) is 13.6 Å². The number of hydrogen-bond donors (Lipinski definition) is 1. The van der Waals surface area contributed by atoms with E-state index in [1.54, 1.807) is 27.7 Å². The van der Waals surface area contributed by atoms with Gasteiger partial charge in [-0.3, -0.25) is 5.10 Å². The van der Waals surface area contributed by atoms with Crippen LogP contribution in [-0.4, -0.2) is 21.8 Å². The number of aryl methyl sites for hydroxylation is 1. The molecule has 0 aliphatic carbocycles. The second kappa shape index (κ2) is 4.54. The van der Waals surface area contributed by atoms with Crippen molar-refractivity contribution < 1.29 is 18.3 Å². The monoisotopic (exact) mass is 282 g/mol. The topological polar surface area (TPSA) is 55.0 Å². The van der Waals surface area contributed by atoms with E-state index in [0.29, 0.717) is 5.52 Å². The molecule has 1 aromatic heterocycles. The number of carbonyl (C=O) groups excluding carboxylic acids is 1. The number of benzene rings is 1. The zero-order chi connectivity index (χ0) is 15.1. The predicted molar refractivity (Wildman–Crippen MR) is 70.6 cm³/mol. The summed E-state index contributed by atoms with van der Waals surface area (Å²) in [6.45, 7) is 6.42. The fraction of sp³-hybridized carbons (Fsp3) is 0.429. The molecule has 0 atom stereocenters. The highest BCUT2D eigenvalue weighted by Crippen LogP contribution is 2.33. The lowest BCUT2D eigenvalue weighted by atomic mass is 10.1. The molecule has 108 valence electrons. The minimum absolute atomic E-state index is 0.392. The normalized spacial score (nSPS) is 12.7. The molecular weight excluding hydrogens is 266 g/mol. The highest BCUT2D eigenvalue weighted by Gasteiger charge is 2.44. The summed E-state index contributed by atoms with van der Waals surface area (Å²) in [6.07, 6.45) is 0. The van der Waals surface area contributed by atoms with Gasteiger partial charge in [0.2, 0.25) is 0 Å². The third-order valence-electron chi connectivity index (χ3n) is 2.76. The smallest absolute Gasteiger partial charge is 0.382 e. The van der Waals surface area contributed by atoms with Crippen LogP contribution in [0.5, 0.6) is 0 Å². The Hall–Kier alpha value is -1.98. The van der Waals surface area contributed by atoms with E-state index in [2.05, 4.69) is 10.2 Å². The zero-order valence-electron chi connectivity index (χ0n) is 11.8. The number of rotatable bonds is 2. The van der Waals surface area contributed by atoms with Gasteiger partial charge in [0.15, 0.2) is 0 Å². The Labute approximate surface area is 115 Å². The van der Waals surface area contributed by atoms with Crippen molar-refractivity contribution in [3.05, 3.63) is 29.5 Å². The number of halogens is 2. The number of hydrogen-bond acceptors (Lipinski definition) is 3. The van der Waals surface area contributed by atoms with Gasteiger partial charge in [0.05, 0.1) is 5.52 Å². The molecular formula is C14H16F2N2O2. The number of carbonyl (C=O) groups is 1. The first-order valence-corrected chi connectivity index (χ1v) is 6.18. The Kier molecular flexibility index (Phi) is 3.28. The van der Waals surface area contributed by atoms with Crippen LogP contribution in [0, 0.1) is 6.92 Å². The summed E-state index contributed by atoms with van der Waals surface area (Å²) >= 11 is 0. The van der Waals surface area contributed by atoms with E-state index in [0.717, 1.165) is 11.1 Å². The zero-order valence-corrected chi connectivity index (χ0v) is 11.8. The molecule has 0 saturated carbocycles. The molecule has 0 saturated heterocycles. The van der Waals surface area contributed by atoms with Gasteiger partial charge in [0.1, 0.15) is 5.60 Å². The van der Waals surface area contributed by atoms with Crippen molar-refractivity contribution >= 4 is 16.9 Å². The van der Waals surface area contributed by atoms with E-state index in [1.165, 1.54) is 18.2 Å². The molecule has 0 fully saturated rings. The van der Waals surface area contributed by atoms with Crippen molar-refractivity contribution in [2.24, 2.45) is 0 Å². The number of aromatic amines is 1. The molecule has 0 unspecified atom stereocenters. The van der Waals surface area contributed by atoms with Gasteiger partial charge in [-0.05, 0) is 33.8 Å². The first kappa shape index (κ1) is 14.4. The maximum atomic E-state index is 14.1. The highest BCUT2D eigenvalue weighted by atomic mass is 19.3. The first-order valence-electron chi connectivity index (χ1n) is 6.18. The van der Waals surface area contributed by atoms with E-state index in [-0.39, 0.29) is 0 Å². The van der Waals surface area contributed by atoms with Crippen molar-refractivity contribution in [3.63, 3.8) is 0 Å². The average molecular weight is 282 g/mol. The fourth-order valence-electron chi connectivity index (χ4n) is 1.80. The van der Waals surface area contributed by atoms with Crippen LogP contribution in [0.2, 0.25) is 0 Å². The summed E-state index contributed by atoms with van der Waals surface area (Å²) in [5.41, 5.74) is -0.214. The molecule has 4 nitrogen and oxygen atoms in total. The minimum Gasteiger partial charge on any atom is -0.455 e. The quantitative estimate of drug-likeness (QED) is 0.860. The summed E-state index contributed by atoms with van der Waals surface area (Å²) in [5.74, 6) is -5.26. The van der Waals surface area contributed by atoms with Gasteiger partial charge in [-0.25, -0.2) is 4.79 Å². The number of nitrogens with zero attached hydrogens (tertiary/aromatic N) is 1. The Morgan fingerprint density at radius 1 is 1.30 bits per heavy atom. The van der Waals surface area contributed by atoms with Crippen LogP contribution in [0.1, 0.15) is 32.0 Å². The Balaban J connectivity index is 2.38. The number of H-pyrrole nitrogens is 1. The molecule has 2 rings (SSSR count). The Morgan fingerprint density at radius 3 is 2.55 bits per heavy atom. The molecule has 0 bridgehead atoms. The van der Waals surface area contributed by atoms with Crippen LogP contribution in [0.3, 0.4) is 0 Å². The largest absolute Gasteiger partial charge is 0.455 e. The summed E-state index contributed by atoms with van der Waals surface area (Å²) < 4.78 is 33.0. The lowest BCUT2D eigenvalue weighted by Crippen LogP contribution is -2.34. The number of alkyl halides is 2. The summed E-state index contributed by atoms with van der Waals surface area (Å²) in [7, 11) is 0. The molecule has 0 amide bonds. The number of esters is 1. The minimum atomic E-state index is -3.70. The van der Waals surface area contributed by atoms with Crippen molar-refractivity contribution in [2.75, 3.05) is 0 Å². The molecule has 0 spiro atoms. The molecule has 1 heterocycles. The van der Waals surface area contributed by atoms with Gasteiger partial charge in [0, 0.05) is 16.6 Å². The van der Waals surface area contributed by atoms with Crippen molar-refractivity contribution in [1.29, 1.82) is 0 Å². The van der Waals surface area contributed by atoms with Crippen molar-refractivity contribution in [1.82, 2.24) is 10.2 Å². The van der Waals surface area contributed by atoms with Gasteiger partial charge in [-0.15, -0.1) is 0 Å². The standard InChI is InChI=1S/C14H16F2N2O2/c1-8-10-6-5-9(7-11(10)18-17-8)14(15,16)12(19)20-13(2,3)4/h5-7H,1-4H3,(H,17,18). The van der Waals surface area contributed by atoms with Gasteiger partial charge in [-0.2, -0.15) is 13.9 Å². The molecule has 0 aliphatic heterocycles. The van der Waals surface area contributed by atoms with Crippen LogP contribution >= 0.6 is 0 Å². The first-order chi connectivity index (χ1) is 9.11. The fourth-order valence-corrected chi connectivity index (χ4v) is 1.80. The van der Waals surface area contributed by atoms with E-state index in [4.69, 9.17) is 4.74 Å². The maximum absolute atomic E-state index is 14.1. The molecule has 0 aliphatic rings. The van der Waals surface area contributed by atoms with Gasteiger partial charge in [0.25, 0.3) is 0 Å². The van der Waals surface area contributed by atoms with Gasteiger partial charge in [-0.1, -0.05) is 12.1 Å². The van der Waals surface area contributed by atoms with E-state index >= 15 is 0 Å². The second-order valence-electron chi connectivity index (χ2n) is 5.66. The molecule has 1 N–H and O–H groups in total. The van der Waals surface area contributed by atoms with Gasteiger partial charge < -0.3 is 4.74 Å². The molecule has 1 aromatic carbocycles. The molecule has 0 radical (unpaired) electrons. The van der Waals surface area contributed by atoms with Crippen LogP contribution in [0.15, 0.2) is 18.2 Å². The van der Waals surface area contributed by atoms with Crippen LogP contribution in [0.4, 0.5) is 8.78 Å². The second-order valence-corrected chi connectivity index (χ2v) is 5.66. The highest BCUT2D eigenvalue weighted by molar-refractivity contribution is 5.85. The average Bonchev–Trinajstić information content (AvgIpc) is 2.68. The SMILES string of the molecule is Cc1[nH]nc2cc(C(F)(F)C(=O)OC(C)(C)C)ccc12. The Bertz CT molecular complexity index is 657. The third kappa shape index (κ3) is 2.64. The molecule has 2 aromatic rings. The number of ether oxygens (including phenoxy) is 1. The van der Waals surface area contributed by atoms with Crippen LogP contribution < -0.4 is 0 Å². The van der Waals surface area contributed by atoms with Gasteiger partial charge >= 0.3 is 11.9 Å². The predicted octanol–water partition coefficient (Wildman–Crippen LogP) is 3.30. The van der Waals surface area contributed by atoms with Crippen LogP contribution in [0.25, 0.3) is 10.9 Å². The van der Waals surface area contributed by atoms with Crippen LogP contribution in [-0.2, 0) is 15.5 Å². The number of aromatic nitrogens is 2. The molecule has 6 heteroatoms. The van der Waals surface area contributed by atoms with Crippen molar-refractivity contribution in [2.45, 2.75) is 39.2 Å². The molecule has 20 heavy (non-hydrogen) atoms. The number of nitrogens with one attached hydrogen (secondary N) is 1. The Morgan fingerprint density at radius 2 is 1.95 bits per heavy atom. The summed E-state index contributed by atoms with van der Waals surface area (Å²) in [4.78, 5) is 11.6. The maximum Gasteiger partial charge on any atom is 0.382 e. The van der Waals surface area contributed by atoms with Crippen molar-refractivity contribution in [3.8, 4) is 0 Å². The third-order valence-corrected chi connectivity index (χ3v) is 2.76. The summed E-state index contributed by atoms with van der Waals surface area (Å²) in [6, 6.07) is 3.93. The van der Waals surface area contributed by atoms with E-state index < -0.39 is 23.1 Å². The number of fused-ring (bicyclic) bond motifs is 1.